The van der Waals surface area contributed by atoms with Gasteiger partial charge in [0.15, 0.2) is 4.91 Å². The zero-order valence-electron chi connectivity index (χ0n) is 14.3. The fraction of sp³-hybridized carbons (Fsp3) is 0.211. The lowest BCUT2D eigenvalue weighted by molar-refractivity contribution is 0.348. The van der Waals surface area contributed by atoms with Crippen molar-refractivity contribution in [1.82, 2.24) is 4.90 Å². The zero-order chi connectivity index (χ0) is 19.4. The van der Waals surface area contributed by atoms with E-state index in [2.05, 4.69) is 4.90 Å². The van der Waals surface area contributed by atoms with Gasteiger partial charge in [-0.25, -0.2) is 12.8 Å². The first-order valence-electron chi connectivity index (χ1n) is 8.27. The van der Waals surface area contributed by atoms with E-state index in [1.165, 1.54) is 42.6 Å². The minimum absolute atomic E-state index is 0.0321. The third-order valence-electron chi connectivity index (χ3n) is 4.33. The van der Waals surface area contributed by atoms with Crippen molar-refractivity contribution < 1.29 is 12.8 Å². The maximum Gasteiger partial charge on any atom is 0.218 e. The van der Waals surface area contributed by atoms with E-state index in [1.807, 2.05) is 4.90 Å². The van der Waals surface area contributed by atoms with Crippen molar-refractivity contribution in [3.63, 3.8) is 0 Å². The molecule has 0 radical (unpaired) electrons. The molecule has 1 saturated heterocycles. The van der Waals surface area contributed by atoms with Gasteiger partial charge < -0.3 is 9.80 Å². The minimum atomic E-state index is -3.89. The van der Waals surface area contributed by atoms with Crippen molar-refractivity contribution in [2.24, 2.45) is 0 Å². The van der Waals surface area contributed by atoms with Crippen molar-refractivity contribution in [2.45, 2.75) is 4.90 Å². The Bertz CT molecular complexity index is 975. The minimum Gasteiger partial charge on any atom is -0.372 e. The molecule has 5 nitrogen and oxygen atoms in total. The Balaban J connectivity index is 1.73. The standard InChI is InChI=1S/C19H17ClFN3O2S/c20-15-1-7-18(8-2-15)27(25,26)19(13-22)14-23-9-11-24(12-10-23)17-5-3-16(21)4-6-17/h1-8,14H,9-12H2. The second-order valence-corrected chi connectivity index (χ2v) is 8.42. The molecule has 27 heavy (non-hydrogen) atoms. The van der Waals surface area contributed by atoms with Gasteiger partial charge in [-0.2, -0.15) is 5.26 Å². The molecule has 1 aliphatic rings. The summed E-state index contributed by atoms with van der Waals surface area (Å²) in [6.07, 6.45) is 1.39. The number of rotatable bonds is 4. The van der Waals surface area contributed by atoms with E-state index in [0.29, 0.717) is 31.2 Å². The molecular formula is C19H17ClFN3O2S. The summed E-state index contributed by atoms with van der Waals surface area (Å²) in [4.78, 5) is 3.62. The van der Waals surface area contributed by atoms with Crippen LogP contribution in [0.5, 0.6) is 0 Å². The van der Waals surface area contributed by atoms with Crippen LogP contribution in [0.1, 0.15) is 0 Å². The molecule has 0 bridgehead atoms. The molecule has 0 atom stereocenters. The molecule has 1 aliphatic heterocycles. The summed E-state index contributed by atoms with van der Waals surface area (Å²) in [5, 5.41) is 9.79. The summed E-state index contributed by atoms with van der Waals surface area (Å²) in [5.74, 6) is -0.286. The topological polar surface area (TPSA) is 64.4 Å². The third kappa shape index (κ3) is 4.41. The highest BCUT2D eigenvalue weighted by Crippen LogP contribution is 2.22. The first-order chi connectivity index (χ1) is 12.9. The van der Waals surface area contributed by atoms with E-state index in [9.17, 15) is 18.1 Å². The fourth-order valence-electron chi connectivity index (χ4n) is 2.83. The molecule has 0 aromatic heterocycles. The summed E-state index contributed by atoms with van der Waals surface area (Å²) in [7, 11) is -3.89. The first kappa shape index (κ1) is 19.2. The Labute approximate surface area is 162 Å². The molecule has 1 fully saturated rings. The lowest BCUT2D eigenvalue weighted by Gasteiger charge is -2.35. The van der Waals surface area contributed by atoms with Crippen LogP contribution >= 0.6 is 11.6 Å². The average molecular weight is 406 g/mol. The van der Waals surface area contributed by atoms with Gasteiger partial charge in [-0.15, -0.1) is 0 Å². The van der Waals surface area contributed by atoms with E-state index in [1.54, 1.807) is 18.2 Å². The second-order valence-electron chi connectivity index (χ2n) is 6.06. The molecule has 0 spiro atoms. The lowest BCUT2D eigenvalue weighted by atomic mass is 10.2. The van der Waals surface area contributed by atoms with Crippen LogP contribution in [0.2, 0.25) is 5.02 Å². The number of hydrogen-bond acceptors (Lipinski definition) is 5. The quantitative estimate of drug-likeness (QED) is 0.729. The Kier molecular flexibility index (Phi) is 5.68. The summed E-state index contributed by atoms with van der Waals surface area (Å²) in [5.41, 5.74) is 0.911. The average Bonchev–Trinajstić information content (AvgIpc) is 2.67. The molecule has 3 rings (SSSR count). The number of nitrogens with zero attached hydrogens (tertiary/aromatic N) is 3. The number of halogens is 2. The predicted molar refractivity (Wildman–Crippen MR) is 103 cm³/mol. The number of sulfone groups is 1. The maximum absolute atomic E-state index is 13.0. The van der Waals surface area contributed by atoms with Crippen molar-refractivity contribution in [1.29, 1.82) is 5.26 Å². The van der Waals surface area contributed by atoms with Crippen LogP contribution in [0.4, 0.5) is 10.1 Å². The van der Waals surface area contributed by atoms with Gasteiger partial charge in [0.25, 0.3) is 0 Å². The number of nitriles is 1. The predicted octanol–water partition coefficient (Wildman–Crippen LogP) is 3.44. The van der Waals surface area contributed by atoms with E-state index in [0.717, 1.165) is 5.69 Å². The van der Waals surface area contributed by atoms with Gasteiger partial charge in [0.05, 0.1) is 4.90 Å². The molecule has 0 N–H and O–H groups in total. The molecule has 2 aromatic carbocycles. The van der Waals surface area contributed by atoms with Crippen LogP contribution in [-0.2, 0) is 9.84 Å². The van der Waals surface area contributed by atoms with Crippen LogP contribution in [-0.4, -0.2) is 39.5 Å². The van der Waals surface area contributed by atoms with Crippen molar-refractivity contribution >= 4 is 27.1 Å². The highest BCUT2D eigenvalue weighted by atomic mass is 35.5. The normalized spacial score (nSPS) is 15.5. The SMILES string of the molecule is N#CC(=CN1CCN(c2ccc(F)cc2)CC1)S(=O)(=O)c1ccc(Cl)cc1. The van der Waals surface area contributed by atoms with Gasteiger partial charge in [-0.3, -0.25) is 0 Å². The van der Waals surface area contributed by atoms with Gasteiger partial charge in [0, 0.05) is 43.1 Å². The van der Waals surface area contributed by atoms with Crippen molar-refractivity contribution in [3.05, 3.63) is 70.5 Å². The van der Waals surface area contributed by atoms with Crippen LogP contribution < -0.4 is 4.90 Å². The summed E-state index contributed by atoms with van der Waals surface area (Å²) >= 11 is 5.80. The number of anilines is 1. The summed E-state index contributed by atoms with van der Waals surface area (Å²) in [6.45, 7) is 2.39. The van der Waals surface area contributed by atoms with Gasteiger partial charge in [-0.1, -0.05) is 11.6 Å². The van der Waals surface area contributed by atoms with Crippen LogP contribution in [0.25, 0.3) is 0 Å². The zero-order valence-corrected chi connectivity index (χ0v) is 15.9. The monoisotopic (exact) mass is 405 g/mol. The van der Waals surface area contributed by atoms with Crippen molar-refractivity contribution in [2.75, 3.05) is 31.1 Å². The number of allylic oxidation sites excluding steroid dienone is 1. The second kappa shape index (κ2) is 7.99. The van der Waals surface area contributed by atoms with Gasteiger partial charge in [0.1, 0.15) is 11.9 Å². The molecule has 0 saturated carbocycles. The lowest BCUT2D eigenvalue weighted by Crippen LogP contribution is -2.44. The Hall–Kier alpha value is -2.56. The Morgan fingerprint density at radius 3 is 2.19 bits per heavy atom. The largest absolute Gasteiger partial charge is 0.372 e. The molecular weight excluding hydrogens is 389 g/mol. The summed E-state index contributed by atoms with van der Waals surface area (Å²) < 4.78 is 38.4. The van der Waals surface area contributed by atoms with E-state index < -0.39 is 9.84 Å². The third-order valence-corrected chi connectivity index (χ3v) is 6.25. The number of hydrogen-bond donors (Lipinski definition) is 0. The van der Waals surface area contributed by atoms with E-state index in [-0.39, 0.29) is 15.6 Å². The molecule has 8 heteroatoms. The Morgan fingerprint density at radius 2 is 1.63 bits per heavy atom. The molecule has 0 unspecified atom stereocenters. The first-order valence-corrected chi connectivity index (χ1v) is 10.1. The number of benzene rings is 2. The Morgan fingerprint density at radius 1 is 1.04 bits per heavy atom. The number of piperazine rings is 1. The van der Waals surface area contributed by atoms with Gasteiger partial charge in [0.2, 0.25) is 9.84 Å². The highest BCUT2D eigenvalue weighted by molar-refractivity contribution is 7.95. The van der Waals surface area contributed by atoms with Crippen LogP contribution in [0.15, 0.2) is 64.5 Å². The molecule has 140 valence electrons. The smallest absolute Gasteiger partial charge is 0.218 e. The maximum atomic E-state index is 13.0. The molecule has 0 aliphatic carbocycles. The highest BCUT2D eigenvalue weighted by Gasteiger charge is 2.23. The van der Waals surface area contributed by atoms with Crippen LogP contribution in [0, 0.1) is 17.1 Å². The van der Waals surface area contributed by atoms with Gasteiger partial charge >= 0.3 is 0 Å². The van der Waals surface area contributed by atoms with E-state index >= 15 is 0 Å². The molecule has 2 aromatic rings. The van der Waals surface area contributed by atoms with Gasteiger partial charge in [-0.05, 0) is 48.5 Å². The van der Waals surface area contributed by atoms with E-state index in [4.69, 9.17) is 11.6 Å². The van der Waals surface area contributed by atoms with Crippen LogP contribution in [0.3, 0.4) is 0 Å². The summed E-state index contributed by atoms with van der Waals surface area (Å²) in [6, 6.07) is 13.8. The molecule has 1 heterocycles. The molecule has 0 amide bonds. The fourth-order valence-corrected chi connectivity index (χ4v) is 4.11. The van der Waals surface area contributed by atoms with Crippen molar-refractivity contribution in [3.8, 4) is 6.07 Å².